The van der Waals surface area contributed by atoms with E-state index in [9.17, 15) is 0 Å². The van der Waals surface area contributed by atoms with Crippen LogP contribution in [0.1, 0.15) is 5.69 Å². The molecule has 1 rings (SSSR count). The van der Waals surface area contributed by atoms with Gasteiger partial charge in [-0.05, 0) is 22.0 Å². The van der Waals surface area contributed by atoms with E-state index in [1.807, 2.05) is 17.8 Å². The summed E-state index contributed by atoms with van der Waals surface area (Å²) in [6.45, 7) is 0. The van der Waals surface area contributed by atoms with Crippen LogP contribution >= 0.6 is 31.9 Å². The van der Waals surface area contributed by atoms with Gasteiger partial charge >= 0.3 is 0 Å². The van der Waals surface area contributed by atoms with Crippen molar-refractivity contribution in [3.05, 3.63) is 16.4 Å². The van der Waals surface area contributed by atoms with Crippen LogP contribution in [-0.4, -0.2) is 9.78 Å². The number of hydrogen-bond donors (Lipinski definition) is 0. The molecule has 1 aromatic rings. The number of rotatable bonds is 1. The molecule has 1 aromatic heterocycles. The van der Waals surface area contributed by atoms with Crippen LogP contribution in [0.15, 0.2) is 10.7 Å². The summed E-state index contributed by atoms with van der Waals surface area (Å²) in [5.41, 5.74) is 1.17. The summed E-state index contributed by atoms with van der Waals surface area (Å²) in [5, 5.41) is 4.93. The first kappa shape index (κ1) is 7.28. The van der Waals surface area contributed by atoms with Gasteiger partial charge in [0, 0.05) is 18.1 Å². The number of aromatic nitrogens is 2. The molecular weight excluding hydrogens is 248 g/mol. The molecule has 9 heavy (non-hydrogen) atoms. The molecule has 0 aliphatic heterocycles. The Hall–Kier alpha value is 0.170. The lowest BCUT2D eigenvalue weighted by Gasteiger charge is -1.91. The van der Waals surface area contributed by atoms with Gasteiger partial charge in [-0.25, -0.2) is 0 Å². The molecule has 0 radical (unpaired) electrons. The van der Waals surface area contributed by atoms with Crippen LogP contribution in [0, 0.1) is 0 Å². The summed E-state index contributed by atoms with van der Waals surface area (Å²) >= 11 is 6.61. The molecule has 0 saturated heterocycles. The summed E-state index contributed by atoms with van der Waals surface area (Å²) in [4.78, 5) is 0. The van der Waals surface area contributed by atoms with Crippen molar-refractivity contribution in [2.75, 3.05) is 0 Å². The third kappa shape index (κ3) is 1.55. The molecule has 0 atom stereocenters. The molecule has 0 bridgehead atoms. The molecule has 2 nitrogen and oxygen atoms in total. The lowest BCUT2D eigenvalue weighted by Crippen LogP contribution is -1.93. The minimum absolute atomic E-state index is 0.849. The lowest BCUT2D eigenvalue weighted by atomic mass is 10.5. The minimum Gasteiger partial charge on any atom is -0.271 e. The summed E-state index contributed by atoms with van der Waals surface area (Å²) in [6, 6.07) is 1.98. The average Bonchev–Trinajstić information content (AvgIpc) is 2.10. The topological polar surface area (TPSA) is 17.8 Å². The second kappa shape index (κ2) is 2.84. The van der Waals surface area contributed by atoms with Gasteiger partial charge in [0.2, 0.25) is 0 Å². The zero-order valence-electron chi connectivity index (χ0n) is 4.93. The molecule has 0 aliphatic rings. The highest BCUT2D eigenvalue weighted by Gasteiger charge is 1.98. The Bertz CT molecular complexity index is 207. The molecule has 0 aliphatic carbocycles. The number of halogens is 2. The Morgan fingerprint density at radius 1 is 1.78 bits per heavy atom. The Morgan fingerprint density at radius 3 is 2.67 bits per heavy atom. The van der Waals surface area contributed by atoms with Crippen LogP contribution in [-0.2, 0) is 12.4 Å². The molecule has 0 N–H and O–H groups in total. The van der Waals surface area contributed by atoms with Crippen LogP contribution < -0.4 is 0 Å². The highest BCUT2D eigenvalue weighted by atomic mass is 79.9. The van der Waals surface area contributed by atoms with E-state index < -0.39 is 0 Å². The molecule has 0 fully saturated rings. The standard InChI is InChI=1S/C5H6Br2N2/c1-9-4(3-6)2-5(7)8-9/h2H,3H2,1H3. The average molecular weight is 254 g/mol. The maximum atomic E-state index is 4.09. The van der Waals surface area contributed by atoms with Crippen LogP contribution in [0.25, 0.3) is 0 Å². The fourth-order valence-corrected chi connectivity index (χ4v) is 1.62. The van der Waals surface area contributed by atoms with E-state index in [-0.39, 0.29) is 0 Å². The molecule has 0 aromatic carbocycles. The third-order valence-electron chi connectivity index (χ3n) is 1.08. The van der Waals surface area contributed by atoms with Crippen LogP contribution in [0.4, 0.5) is 0 Å². The van der Waals surface area contributed by atoms with Crippen LogP contribution in [0.2, 0.25) is 0 Å². The molecular formula is C5H6Br2N2. The summed E-state index contributed by atoms with van der Waals surface area (Å²) in [5.74, 6) is 0. The third-order valence-corrected chi connectivity index (χ3v) is 2.05. The number of alkyl halides is 1. The number of aryl methyl sites for hydroxylation is 1. The zero-order chi connectivity index (χ0) is 6.85. The molecule has 50 valence electrons. The van der Waals surface area contributed by atoms with Crippen molar-refractivity contribution in [1.29, 1.82) is 0 Å². The SMILES string of the molecule is Cn1nc(Br)cc1CBr. The van der Waals surface area contributed by atoms with E-state index in [0.29, 0.717) is 0 Å². The smallest absolute Gasteiger partial charge is 0.128 e. The van der Waals surface area contributed by atoms with Gasteiger partial charge in [-0.1, -0.05) is 15.9 Å². The van der Waals surface area contributed by atoms with Crippen molar-refractivity contribution in [2.45, 2.75) is 5.33 Å². The Morgan fingerprint density at radius 2 is 2.44 bits per heavy atom. The van der Waals surface area contributed by atoms with Gasteiger partial charge in [-0.15, -0.1) is 0 Å². The maximum absolute atomic E-state index is 4.09. The van der Waals surface area contributed by atoms with Gasteiger partial charge in [0.1, 0.15) is 4.60 Å². The molecule has 0 amide bonds. The van der Waals surface area contributed by atoms with Crippen molar-refractivity contribution >= 4 is 31.9 Å². The number of nitrogens with zero attached hydrogens (tertiary/aromatic N) is 2. The van der Waals surface area contributed by atoms with Crippen molar-refractivity contribution in [3.63, 3.8) is 0 Å². The predicted molar refractivity (Wildman–Crippen MR) is 43.5 cm³/mol. The Balaban J connectivity index is 3.01. The van der Waals surface area contributed by atoms with Gasteiger partial charge in [0.05, 0.1) is 0 Å². The van der Waals surface area contributed by atoms with E-state index in [1.165, 1.54) is 5.69 Å². The first-order valence-corrected chi connectivity index (χ1v) is 4.40. The van der Waals surface area contributed by atoms with Gasteiger partial charge < -0.3 is 0 Å². The molecule has 0 spiro atoms. The van der Waals surface area contributed by atoms with E-state index in [4.69, 9.17) is 0 Å². The monoisotopic (exact) mass is 252 g/mol. The highest BCUT2D eigenvalue weighted by molar-refractivity contribution is 9.10. The summed E-state index contributed by atoms with van der Waals surface area (Å²) in [7, 11) is 1.92. The van der Waals surface area contributed by atoms with E-state index in [1.54, 1.807) is 0 Å². The summed E-state index contributed by atoms with van der Waals surface area (Å²) in [6.07, 6.45) is 0. The van der Waals surface area contributed by atoms with Crippen molar-refractivity contribution in [1.82, 2.24) is 9.78 Å². The van der Waals surface area contributed by atoms with E-state index in [2.05, 4.69) is 37.0 Å². The van der Waals surface area contributed by atoms with Crippen molar-refractivity contribution < 1.29 is 0 Å². The molecule has 4 heteroatoms. The first-order valence-electron chi connectivity index (χ1n) is 2.48. The highest BCUT2D eigenvalue weighted by Crippen LogP contribution is 2.11. The van der Waals surface area contributed by atoms with Gasteiger partial charge in [0.25, 0.3) is 0 Å². The quantitative estimate of drug-likeness (QED) is 0.701. The predicted octanol–water partition coefficient (Wildman–Crippen LogP) is 2.08. The maximum Gasteiger partial charge on any atom is 0.128 e. The largest absolute Gasteiger partial charge is 0.271 e. The van der Waals surface area contributed by atoms with Gasteiger partial charge in [0.15, 0.2) is 0 Å². The van der Waals surface area contributed by atoms with Crippen molar-refractivity contribution in [3.8, 4) is 0 Å². The van der Waals surface area contributed by atoms with Crippen molar-refractivity contribution in [2.24, 2.45) is 7.05 Å². The second-order valence-electron chi connectivity index (χ2n) is 1.72. The Kier molecular flexibility index (Phi) is 2.29. The molecule has 1 heterocycles. The lowest BCUT2D eigenvalue weighted by molar-refractivity contribution is 0.732. The van der Waals surface area contributed by atoms with Crippen LogP contribution in [0.5, 0.6) is 0 Å². The fourth-order valence-electron chi connectivity index (χ4n) is 0.592. The fraction of sp³-hybridized carbons (Fsp3) is 0.400. The van der Waals surface area contributed by atoms with E-state index >= 15 is 0 Å². The van der Waals surface area contributed by atoms with Gasteiger partial charge in [-0.3, -0.25) is 4.68 Å². The summed E-state index contributed by atoms with van der Waals surface area (Å²) < 4.78 is 2.72. The minimum atomic E-state index is 0.849. The zero-order valence-corrected chi connectivity index (χ0v) is 8.11. The Labute approximate surface area is 70.5 Å². The van der Waals surface area contributed by atoms with E-state index in [0.717, 1.165) is 9.93 Å². The number of hydrogen-bond acceptors (Lipinski definition) is 1. The van der Waals surface area contributed by atoms with Crippen LogP contribution in [0.3, 0.4) is 0 Å². The van der Waals surface area contributed by atoms with Gasteiger partial charge in [-0.2, -0.15) is 5.10 Å². The molecule has 0 saturated carbocycles. The second-order valence-corrected chi connectivity index (χ2v) is 3.09. The molecule has 0 unspecified atom stereocenters. The first-order chi connectivity index (χ1) is 4.24. The normalized spacial score (nSPS) is 10.1.